The average Bonchev–Trinajstić information content (AvgIpc) is 2.74. The third-order valence-corrected chi connectivity index (χ3v) is 4.20. The molecule has 6 heteroatoms. The van der Waals surface area contributed by atoms with Gasteiger partial charge in [-0.3, -0.25) is 4.79 Å². The van der Waals surface area contributed by atoms with Crippen LogP contribution in [0, 0.1) is 5.82 Å². The lowest BCUT2D eigenvalue weighted by Gasteiger charge is -2.12. The molecule has 0 saturated carbocycles. The summed E-state index contributed by atoms with van der Waals surface area (Å²) >= 11 is 0. The summed E-state index contributed by atoms with van der Waals surface area (Å²) in [6.45, 7) is 0.605. The highest BCUT2D eigenvalue weighted by Gasteiger charge is 2.13. The number of halogens is 1. The number of hydrogen-bond donors (Lipinski definition) is 3. The summed E-state index contributed by atoms with van der Waals surface area (Å²) in [6.07, 6.45) is -0.293. The molecule has 3 rings (SSSR count). The molecule has 29 heavy (non-hydrogen) atoms. The monoisotopic (exact) mass is 397 g/mol. The lowest BCUT2D eigenvalue weighted by molar-refractivity contribution is -0.136. The number of carboxylic acids is 1. The molecular formula is C23H24FNO4. The molecule has 0 amide bonds. The van der Waals surface area contributed by atoms with Crippen LogP contribution in [0.2, 0.25) is 0 Å². The standard InChI is InChI=1S/C22H20FNO3.CH4O/c23-20-9-3-8-19(12-21(25)26)22(20)27-14-16-5-2-7-18(11-16)17-6-1-4-15(10-17)13-24;1-2/h1-11H,12-14,24H2,(H,25,26);2H,1H3. The Labute approximate surface area is 169 Å². The van der Waals surface area contributed by atoms with Crippen LogP contribution < -0.4 is 10.5 Å². The fourth-order valence-corrected chi connectivity index (χ4v) is 2.89. The van der Waals surface area contributed by atoms with Gasteiger partial charge in [-0.05, 0) is 40.5 Å². The van der Waals surface area contributed by atoms with Crippen molar-refractivity contribution >= 4 is 5.97 Å². The molecule has 3 aromatic rings. The molecular weight excluding hydrogens is 373 g/mol. The summed E-state index contributed by atoms with van der Waals surface area (Å²) in [6, 6.07) is 20.0. The van der Waals surface area contributed by atoms with Crippen molar-refractivity contribution < 1.29 is 24.1 Å². The summed E-state index contributed by atoms with van der Waals surface area (Å²) in [4.78, 5) is 11.0. The van der Waals surface area contributed by atoms with Crippen molar-refractivity contribution in [3.05, 3.63) is 89.2 Å². The number of aliphatic hydroxyl groups excluding tert-OH is 1. The highest BCUT2D eigenvalue weighted by atomic mass is 19.1. The SMILES string of the molecule is CO.NCc1cccc(-c2cccc(COc3c(F)cccc3CC(=O)O)c2)c1. The number of carbonyl (C=O) groups is 1. The van der Waals surface area contributed by atoms with Gasteiger partial charge in [0, 0.05) is 19.2 Å². The maximum Gasteiger partial charge on any atom is 0.307 e. The van der Waals surface area contributed by atoms with Crippen molar-refractivity contribution in [2.75, 3.05) is 7.11 Å². The topological polar surface area (TPSA) is 92.8 Å². The Kier molecular flexibility index (Phi) is 8.33. The van der Waals surface area contributed by atoms with Crippen LogP contribution in [0.5, 0.6) is 5.75 Å². The van der Waals surface area contributed by atoms with Gasteiger partial charge in [0.05, 0.1) is 6.42 Å². The minimum atomic E-state index is -1.03. The number of hydrogen-bond acceptors (Lipinski definition) is 4. The fraction of sp³-hybridized carbons (Fsp3) is 0.174. The van der Waals surface area contributed by atoms with Crippen LogP contribution >= 0.6 is 0 Å². The van der Waals surface area contributed by atoms with Gasteiger partial charge in [0.15, 0.2) is 11.6 Å². The lowest BCUT2D eigenvalue weighted by Crippen LogP contribution is -2.06. The molecule has 0 unspecified atom stereocenters. The van der Waals surface area contributed by atoms with E-state index >= 15 is 0 Å². The predicted octanol–water partition coefficient (Wildman–Crippen LogP) is 3.77. The highest BCUT2D eigenvalue weighted by molar-refractivity contribution is 5.71. The zero-order chi connectivity index (χ0) is 21.2. The van der Waals surface area contributed by atoms with E-state index in [1.54, 1.807) is 6.07 Å². The van der Waals surface area contributed by atoms with Gasteiger partial charge in [-0.25, -0.2) is 4.39 Å². The quantitative estimate of drug-likeness (QED) is 0.564. The zero-order valence-corrected chi connectivity index (χ0v) is 16.1. The first-order valence-electron chi connectivity index (χ1n) is 9.02. The lowest BCUT2D eigenvalue weighted by atomic mass is 10.0. The average molecular weight is 397 g/mol. The summed E-state index contributed by atoms with van der Waals surface area (Å²) in [7, 11) is 1.00. The first-order valence-corrected chi connectivity index (χ1v) is 9.02. The van der Waals surface area contributed by atoms with Crippen molar-refractivity contribution in [3.63, 3.8) is 0 Å². The molecule has 0 aliphatic carbocycles. The third-order valence-electron chi connectivity index (χ3n) is 4.20. The van der Waals surface area contributed by atoms with Crippen molar-refractivity contribution in [1.82, 2.24) is 0 Å². The summed E-state index contributed by atoms with van der Waals surface area (Å²) in [5.74, 6) is -1.62. The predicted molar refractivity (Wildman–Crippen MR) is 110 cm³/mol. The Balaban J connectivity index is 0.00000145. The molecule has 0 aliphatic heterocycles. The number of para-hydroxylation sites is 1. The Morgan fingerprint density at radius 2 is 1.55 bits per heavy atom. The van der Waals surface area contributed by atoms with E-state index in [1.807, 2.05) is 48.5 Å². The molecule has 4 N–H and O–H groups in total. The van der Waals surface area contributed by atoms with Gasteiger partial charge in [0.2, 0.25) is 0 Å². The van der Waals surface area contributed by atoms with Gasteiger partial charge < -0.3 is 20.7 Å². The van der Waals surface area contributed by atoms with Crippen LogP contribution in [0.25, 0.3) is 11.1 Å². The maximum absolute atomic E-state index is 14.1. The van der Waals surface area contributed by atoms with E-state index in [4.69, 9.17) is 20.7 Å². The second kappa shape index (κ2) is 10.9. The first kappa shape index (κ1) is 22.1. The highest BCUT2D eigenvalue weighted by Crippen LogP contribution is 2.26. The second-order valence-electron chi connectivity index (χ2n) is 6.19. The van der Waals surface area contributed by atoms with Crippen molar-refractivity contribution in [2.24, 2.45) is 5.73 Å². The number of benzene rings is 3. The molecule has 0 aliphatic rings. The molecule has 0 radical (unpaired) electrons. The van der Waals surface area contributed by atoms with Crippen LogP contribution in [0.1, 0.15) is 16.7 Å². The van der Waals surface area contributed by atoms with Crippen LogP contribution in [-0.4, -0.2) is 23.3 Å². The maximum atomic E-state index is 14.1. The summed E-state index contributed by atoms with van der Waals surface area (Å²) in [5.41, 5.74) is 9.96. The molecule has 0 fully saturated rings. The van der Waals surface area contributed by atoms with Crippen LogP contribution in [0.15, 0.2) is 66.7 Å². The minimum Gasteiger partial charge on any atom is -0.486 e. The Hall–Kier alpha value is -3.22. The van der Waals surface area contributed by atoms with Gasteiger partial charge in [-0.1, -0.05) is 48.5 Å². The molecule has 152 valence electrons. The van der Waals surface area contributed by atoms with E-state index < -0.39 is 11.8 Å². The van der Waals surface area contributed by atoms with Gasteiger partial charge in [0.25, 0.3) is 0 Å². The van der Waals surface area contributed by atoms with Gasteiger partial charge in [-0.15, -0.1) is 0 Å². The van der Waals surface area contributed by atoms with Crippen LogP contribution in [-0.2, 0) is 24.4 Å². The number of rotatable bonds is 7. The second-order valence-corrected chi connectivity index (χ2v) is 6.19. The van der Waals surface area contributed by atoms with E-state index in [1.165, 1.54) is 12.1 Å². The van der Waals surface area contributed by atoms with E-state index in [9.17, 15) is 9.18 Å². The number of carboxylic acid groups (broad SMARTS) is 1. The number of nitrogens with two attached hydrogens (primary N) is 1. The fourth-order valence-electron chi connectivity index (χ4n) is 2.89. The summed E-state index contributed by atoms with van der Waals surface area (Å²) < 4.78 is 19.7. The minimum absolute atomic E-state index is 0.0181. The molecule has 0 saturated heterocycles. The first-order chi connectivity index (χ1) is 14.1. The Morgan fingerprint density at radius 3 is 2.17 bits per heavy atom. The third kappa shape index (κ3) is 6.14. The van der Waals surface area contributed by atoms with Crippen molar-refractivity contribution in [1.29, 1.82) is 0 Å². The molecule has 0 bridgehead atoms. The van der Waals surface area contributed by atoms with E-state index in [-0.39, 0.29) is 18.8 Å². The smallest absolute Gasteiger partial charge is 0.307 e. The number of aliphatic carboxylic acids is 1. The van der Waals surface area contributed by atoms with Crippen LogP contribution in [0.3, 0.4) is 0 Å². The van der Waals surface area contributed by atoms with Gasteiger partial charge in [0.1, 0.15) is 6.61 Å². The zero-order valence-electron chi connectivity index (χ0n) is 16.1. The number of ether oxygens (including phenoxy) is 1. The molecule has 0 aromatic heterocycles. The normalized spacial score (nSPS) is 10.1. The molecule has 5 nitrogen and oxygen atoms in total. The van der Waals surface area contributed by atoms with Gasteiger partial charge >= 0.3 is 5.97 Å². The Bertz CT molecular complexity index is 959. The Morgan fingerprint density at radius 1 is 0.966 bits per heavy atom. The summed E-state index contributed by atoms with van der Waals surface area (Å²) in [5, 5.41) is 16.0. The number of aliphatic hydroxyl groups is 1. The molecule has 0 spiro atoms. The van der Waals surface area contributed by atoms with E-state index in [2.05, 4.69) is 0 Å². The van der Waals surface area contributed by atoms with Crippen molar-refractivity contribution in [3.8, 4) is 16.9 Å². The van der Waals surface area contributed by atoms with Crippen molar-refractivity contribution in [2.45, 2.75) is 19.6 Å². The molecule has 0 atom stereocenters. The molecule has 3 aromatic carbocycles. The largest absolute Gasteiger partial charge is 0.486 e. The molecule has 0 heterocycles. The van der Waals surface area contributed by atoms with E-state index in [0.29, 0.717) is 12.1 Å². The van der Waals surface area contributed by atoms with Crippen LogP contribution in [0.4, 0.5) is 4.39 Å². The van der Waals surface area contributed by atoms with E-state index in [0.717, 1.165) is 29.4 Å². The van der Waals surface area contributed by atoms with Gasteiger partial charge in [-0.2, -0.15) is 0 Å².